The lowest BCUT2D eigenvalue weighted by Gasteiger charge is -2.70. The van der Waals surface area contributed by atoms with Crippen molar-refractivity contribution in [2.45, 2.75) is 89.2 Å². The molecule has 2 aliphatic heterocycles. The molecule has 2 amide bonds. The Morgan fingerprint density at radius 2 is 1.82 bits per heavy atom. The number of rotatable bonds is 9. The fraction of sp³-hybridized carbons (Fsp3) is 0.576. The molecule has 2 N–H and O–H groups in total. The van der Waals surface area contributed by atoms with Gasteiger partial charge in [-0.25, -0.2) is 4.98 Å². The largest absolute Gasteiger partial charge is 0.391 e. The molecule has 2 aromatic heterocycles. The van der Waals surface area contributed by atoms with Crippen LogP contribution in [-0.2, 0) is 24.5 Å². The van der Waals surface area contributed by atoms with Gasteiger partial charge < -0.3 is 29.3 Å². The number of carbonyl (C=O) groups is 2. The second kappa shape index (κ2) is 11.0. The van der Waals surface area contributed by atoms with Crippen LogP contribution in [0, 0.1) is 18.3 Å². The summed E-state index contributed by atoms with van der Waals surface area (Å²) in [5.41, 5.74) is 5.79. The van der Waals surface area contributed by atoms with Crippen LogP contribution in [0.25, 0.3) is 10.4 Å². The van der Waals surface area contributed by atoms with Gasteiger partial charge in [0.15, 0.2) is 6.29 Å². The van der Waals surface area contributed by atoms with Crippen molar-refractivity contribution in [3.05, 3.63) is 58.6 Å². The molecule has 11 heteroatoms. The molecular weight excluding hydrogens is 580 g/mol. The van der Waals surface area contributed by atoms with E-state index < -0.39 is 18.1 Å². The van der Waals surface area contributed by atoms with Crippen molar-refractivity contribution in [2.24, 2.45) is 11.3 Å². The van der Waals surface area contributed by atoms with Crippen molar-refractivity contribution >= 4 is 23.2 Å². The predicted octanol–water partition coefficient (Wildman–Crippen LogP) is 4.48. The number of hydrogen-bond donors (Lipinski definition) is 2. The molecule has 2 saturated heterocycles. The average molecular weight is 621 g/mol. The van der Waals surface area contributed by atoms with Crippen molar-refractivity contribution in [3.8, 4) is 10.4 Å². The highest BCUT2D eigenvalue weighted by molar-refractivity contribution is 7.13. The summed E-state index contributed by atoms with van der Waals surface area (Å²) in [5.74, 6) is -0.694. The minimum Gasteiger partial charge on any atom is -0.391 e. The van der Waals surface area contributed by atoms with E-state index in [9.17, 15) is 14.7 Å². The van der Waals surface area contributed by atoms with Crippen LogP contribution < -0.4 is 5.32 Å². The summed E-state index contributed by atoms with van der Waals surface area (Å²) in [7, 11) is 0. The van der Waals surface area contributed by atoms with Gasteiger partial charge in [-0.2, -0.15) is 0 Å². The number of carbonyl (C=O) groups excluding carboxylic acids is 2. The highest BCUT2D eigenvalue weighted by Crippen LogP contribution is 2.75. The molecule has 3 aliphatic carbocycles. The molecule has 3 aromatic rings. The van der Waals surface area contributed by atoms with E-state index in [1.54, 1.807) is 11.3 Å². The maximum atomic E-state index is 14.1. The smallest absolute Gasteiger partial charge is 0.243 e. The third-order valence-electron chi connectivity index (χ3n) is 10.1. The fourth-order valence-electron chi connectivity index (χ4n) is 7.90. The summed E-state index contributed by atoms with van der Waals surface area (Å²) >= 11 is 1.60. The Morgan fingerprint density at radius 3 is 2.45 bits per heavy atom. The number of benzene rings is 1. The highest BCUT2D eigenvalue weighted by Gasteiger charge is 2.73. The monoisotopic (exact) mass is 620 g/mol. The van der Waals surface area contributed by atoms with E-state index in [-0.39, 0.29) is 53.9 Å². The van der Waals surface area contributed by atoms with Crippen molar-refractivity contribution < 1.29 is 28.7 Å². The van der Waals surface area contributed by atoms with Crippen LogP contribution in [0.15, 0.2) is 40.4 Å². The van der Waals surface area contributed by atoms with Crippen LogP contribution in [0.4, 0.5) is 0 Å². The zero-order valence-electron chi connectivity index (χ0n) is 25.6. The van der Waals surface area contributed by atoms with E-state index in [1.807, 2.05) is 63.5 Å². The third-order valence-corrected chi connectivity index (χ3v) is 11.1. The van der Waals surface area contributed by atoms with Gasteiger partial charge in [-0.1, -0.05) is 43.3 Å². The first kappa shape index (κ1) is 29.6. The van der Waals surface area contributed by atoms with Crippen LogP contribution in [0.5, 0.6) is 0 Å². The predicted molar refractivity (Wildman–Crippen MR) is 163 cm³/mol. The minimum absolute atomic E-state index is 0.0400. The van der Waals surface area contributed by atoms with Crippen LogP contribution in [0.2, 0.25) is 0 Å². The molecule has 2 bridgehead atoms. The number of hydrogen-bond acceptors (Lipinski definition) is 9. The number of thiazole rings is 1. The van der Waals surface area contributed by atoms with E-state index in [0.29, 0.717) is 19.0 Å². The number of β-amino-alcohol motifs (C(OH)–C–C–N with tert-alkyl or cyclic N) is 1. The van der Waals surface area contributed by atoms with Crippen molar-refractivity contribution in [2.75, 3.05) is 19.8 Å². The van der Waals surface area contributed by atoms with Crippen molar-refractivity contribution in [1.29, 1.82) is 0 Å². The Kier molecular flexibility index (Phi) is 7.43. The lowest BCUT2D eigenvalue weighted by molar-refractivity contribution is -0.273. The number of aliphatic hydroxyl groups is 1. The summed E-state index contributed by atoms with van der Waals surface area (Å²) < 4.78 is 17.4. The molecule has 1 unspecified atom stereocenters. The highest BCUT2D eigenvalue weighted by atomic mass is 32.1. The molecule has 10 nitrogen and oxygen atoms in total. The van der Waals surface area contributed by atoms with Crippen molar-refractivity contribution in [1.82, 2.24) is 20.4 Å². The fourth-order valence-corrected chi connectivity index (χ4v) is 8.71. The molecule has 4 heterocycles. The lowest BCUT2D eigenvalue weighted by atomic mass is 9.34. The average Bonchev–Trinajstić information content (AvgIpc) is 3.76. The Balaban J connectivity index is 1.03. The van der Waals surface area contributed by atoms with E-state index in [0.717, 1.165) is 46.7 Å². The van der Waals surface area contributed by atoms with Gasteiger partial charge in [-0.05, 0) is 50.2 Å². The second-order valence-electron chi connectivity index (χ2n) is 13.6. The number of aryl methyl sites for hydroxylation is 1. The van der Waals surface area contributed by atoms with Crippen LogP contribution in [0.1, 0.15) is 81.1 Å². The number of aromatic nitrogens is 2. The zero-order valence-corrected chi connectivity index (χ0v) is 26.4. The summed E-state index contributed by atoms with van der Waals surface area (Å²) in [5, 5.41) is 18.1. The Labute approximate surface area is 261 Å². The molecule has 5 fully saturated rings. The number of nitrogens with zero attached hydrogens (tertiary/aromatic N) is 3. The maximum Gasteiger partial charge on any atom is 0.243 e. The molecule has 0 radical (unpaired) electrons. The quantitative estimate of drug-likeness (QED) is 0.359. The number of likely N-dealkylation sites (tertiary alicyclic amines) is 1. The summed E-state index contributed by atoms with van der Waals surface area (Å²) in [6.45, 7) is 9.25. The van der Waals surface area contributed by atoms with Gasteiger partial charge >= 0.3 is 0 Å². The Hall–Kier alpha value is -3.12. The first-order valence-electron chi connectivity index (χ1n) is 15.6. The van der Waals surface area contributed by atoms with Gasteiger partial charge in [0.05, 0.1) is 47.1 Å². The molecule has 1 aromatic carbocycles. The zero-order chi connectivity index (χ0) is 30.8. The van der Waals surface area contributed by atoms with E-state index in [1.165, 1.54) is 4.90 Å². The summed E-state index contributed by atoms with van der Waals surface area (Å²) in [4.78, 5) is 34.6. The second-order valence-corrected chi connectivity index (χ2v) is 14.5. The van der Waals surface area contributed by atoms with Gasteiger partial charge in [0.2, 0.25) is 11.8 Å². The number of nitrogens with one attached hydrogen (secondary N) is 1. The van der Waals surface area contributed by atoms with E-state index in [4.69, 9.17) is 14.0 Å². The molecular formula is C33H40N4O6S. The van der Waals surface area contributed by atoms with Gasteiger partial charge in [0, 0.05) is 29.9 Å². The standard InChI is InChI=1S/C33H40N4O6S/c1-18(2)27(25-12-26(36-43-25)32-14-33(15-32,16-32)31-41-9-10-42-31)30(40)37-13-23(38)11-24(37)29(39)35-19(3)21-5-7-22(8-6-21)28-20(4)34-17-44-28/h5-8,12,17-19,23-24,27,31,38H,9-11,13-16H2,1-4H3,(H,35,39)/t19-,23+,24-,27?,32?,33?/m0/s1. The maximum absolute atomic E-state index is 14.1. The Morgan fingerprint density at radius 1 is 1.11 bits per heavy atom. The van der Waals surface area contributed by atoms with Gasteiger partial charge in [-0.15, -0.1) is 11.3 Å². The van der Waals surface area contributed by atoms with Gasteiger partial charge in [0.1, 0.15) is 17.7 Å². The lowest BCUT2D eigenvalue weighted by Crippen LogP contribution is -2.69. The summed E-state index contributed by atoms with van der Waals surface area (Å²) in [6, 6.07) is 8.97. The first-order valence-corrected chi connectivity index (χ1v) is 16.5. The molecule has 0 spiro atoms. The van der Waals surface area contributed by atoms with Gasteiger partial charge in [0.25, 0.3) is 0 Å². The molecule has 5 aliphatic rings. The SMILES string of the molecule is Cc1ncsc1-c1ccc([C@H](C)NC(=O)[C@@H]2C[C@@H](O)CN2C(=O)C(c2cc(C34CC(C5OCCO5)(C3)C4)no2)C(C)C)cc1. The number of ether oxygens (including phenoxy) is 2. The van der Waals surface area contributed by atoms with Crippen LogP contribution >= 0.6 is 11.3 Å². The van der Waals surface area contributed by atoms with E-state index >= 15 is 0 Å². The molecule has 4 atom stereocenters. The van der Waals surface area contributed by atoms with Gasteiger partial charge in [-0.3, -0.25) is 9.59 Å². The number of aliphatic hydroxyl groups excluding tert-OH is 1. The molecule has 234 valence electrons. The minimum atomic E-state index is -0.776. The molecule has 8 rings (SSSR count). The van der Waals surface area contributed by atoms with Crippen molar-refractivity contribution in [3.63, 3.8) is 0 Å². The van der Waals surface area contributed by atoms with Crippen LogP contribution in [-0.4, -0.2) is 70.2 Å². The van der Waals surface area contributed by atoms with Crippen LogP contribution in [0.3, 0.4) is 0 Å². The van der Waals surface area contributed by atoms with E-state index in [2.05, 4.69) is 15.5 Å². The third kappa shape index (κ3) is 4.88. The normalized spacial score (nSPS) is 29.4. The topological polar surface area (TPSA) is 127 Å². The Bertz CT molecular complexity index is 1520. The number of amides is 2. The summed E-state index contributed by atoms with van der Waals surface area (Å²) in [6.07, 6.45) is 2.13. The molecule has 44 heavy (non-hydrogen) atoms. The first-order chi connectivity index (χ1) is 21.1. The molecule has 3 saturated carbocycles.